The zero-order valence-corrected chi connectivity index (χ0v) is 5.37. The monoisotopic (exact) mass is 147 g/mol. The Bertz CT molecular complexity index is 141. The maximum Gasteiger partial charge on any atom is 0.507 e. The van der Waals surface area contributed by atoms with Crippen molar-refractivity contribution in [3.63, 3.8) is 0 Å². The van der Waals surface area contributed by atoms with Crippen LogP contribution in [0.3, 0.4) is 0 Å². The molecule has 0 radical (unpaired) electrons. The minimum Gasteiger partial charge on any atom is -0.450 e. The van der Waals surface area contributed by atoms with E-state index in [1.54, 1.807) is 0 Å². The standard InChI is InChI=1S/C5H9NO4/c6-5(10-4(7)8)1-2-9-3-5/h1-3,6H2,(H,7,8). The van der Waals surface area contributed by atoms with Gasteiger partial charge in [-0.3, -0.25) is 5.73 Å². The molecule has 10 heavy (non-hydrogen) atoms. The Morgan fingerprint density at radius 3 is 2.90 bits per heavy atom. The molecule has 0 amide bonds. The van der Waals surface area contributed by atoms with Gasteiger partial charge in [-0.05, 0) is 0 Å². The topological polar surface area (TPSA) is 81.8 Å². The second-order valence-electron chi connectivity index (χ2n) is 2.24. The lowest BCUT2D eigenvalue weighted by molar-refractivity contribution is -0.0200. The van der Waals surface area contributed by atoms with Crippen LogP contribution < -0.4 is 5.73 Å². The third kappa shape index (κ3) is 1.58. The molecule has 0 spiro atoms. The first-order valence-electron chi connectivity index (χ1n) is 2.91. The zero-order valence-electron chi connectivity index (χ0n) is 5.37. The molecule has 3 N–H and O–H groups in total. The van der Waals surface area contributed by atoms with Crippen LogP contribution in [-0.4, -0.2) is 30.2 Å². The van der Waals surface area contributed by atoms with Crippen LogP contribution in [0.1, 0.15) is 6.42 Å². The number of hydrogen-bond acceptors (Lipinski definition) is 4. The Balaban J connectivity index is 2.43. The first-order chi connectivity index (χ1) is 4.62. The smallest absolute Gasteiger partial charge is 0.450 e. The lowest BCUT2D eigenvalue weighted by atomic mass is 10.2. The van der Waals surface area contributed by atoms with Crippen molar-refractivity contribution in [2.45, 2.75) is 12.1 Å². The average Bonchev–Trinajstić information content (AvgIpc) is 2.12. The Morgan fingerprint density at radius 1 is 1.80 bits per heavy atom. The van der Waals surface area contributed by atoms with Gasteiger partial charge in [-0.15, -0.1) is 0 Å². The van der Waals surface area contributed by atoms with Gasteiger partial charge in [-0.25, -0.2) is 4.79 Å². The third-order valence-corrected chi connectivity index (χ3v) is 1.31. The first-order valence-corrected chi connectivity index (χ1v) is 2.91. The molecule has 1 atom stereocenters. The molecular weight excluding hydrogens is 138 g/mol. The molecule has 5 nitrogen and oxygen atoms in total. The molecule has 0 saturated carbocycles. The van der Waals surface area contributed by atoms with E-state index in [9.17, 15) is 4.79 Å². The summed E-state index contributed by atoms with van der Waals surface area (Å²) in [5, 5.41) is 8.18. The van der Waals surface area contributed by atoms with Gasteiger partial charge in [0.2, 0.25) is 0 Å². The van der Waals surface area contributed by atoms with Crippen LogP contribution in [0.2, 0.25) is 0 Å². The molecule has 0 aromatic heterocycles. The van der Waals surface area contributed by atoms with E-state index in [2.05, 4.69) is 4.74 Å². The van der Waals surface area contributed by atoms with Crippen LogP contribution >= 0.6 is 0 Å². The van der Waals surface area contributed by atoms with Crippen LogP contribution in [0, 0.1) is 0 Å². The fourth-order valence-corrected chi connectivity index (χ4v) is 0.816. The Hall–Kier alpha value is -0.810. The summed E-state index contributed by atoms with van der Waals surface area (Å²) in [6.07, 6.45) is -0.924. The van der Waals surface area contributed by atoms with Gasteiger partial charge >= 0.3 is 6.16 Å². The highest BCUT2D eigenvalue weighted by Gasteiger charge is 2.34. The van der Waals surface area contributed by atoms with E-state index in [1.807, 2.05) is 0 Å². The third-order valence-electron chi connectivity index (χ3n) is 1.31. The SMILES string of the molecule is NC1(OC(=O)O)CCOC1. The highest BCUT2D eigenvalue weighted by molar-refractivity contribution is 5.57. The molecule has 1 heterocycles. The molecule has 1 unspecified atom stereocenters. The van der Waals surface area contributed by atoms with E-state index in [0.717, 1.165) is 0 Å². The van der Waals surface area contributed by atoms with Gasteiger partial charge in [0.1, 0.15) is 6.61 Å². The van der Waals surface area contributed by atoms with E-state index in [0.29, 0.717) is 13.0 Å². The van der Waals surface area contributed by atoms with Gasteiger partial charge < -0.3 is 14.6 Å². The molecule has 1 fully saturated rings. The van der Waals surface area contributed by atoms with Crippen molar-refractivity contribution in [1.82, 2.24) is 0 Å². The van der Waals surface area contributed by atoms with Gasteiger partial charge in [-0.2, -0.15) is 0 Å². The summed E-state index contributed by atoms with van der Waals surface area (Å²) < 4.78 is 9.22. The van der Waals surface area contributed by atoms with Gasteiger partial charge in [0.05, 0.1) is 6.61 Å². The Kier molecular flexibility index (Phi) is 1.78. The molecule has 0 aliphatic carbocycles. The molecule has 1 saturated heterocycles. The van der Waals surface area contributed by atoms with Crippen molar-refractivity contribution in [3.8, 4) is 0 Å². The molecule has 0 aromatic rings. The molecule has 5 heteroatoms. The average molecular weight is 147 g/mol. The maximum atomic E-state index is 10.0. The van der Waals surface area contributed by atoms with Crippen molar-refractivity contribution in [2.24, 2.45) is 5.73 Å². The van der Waals surface area contributed by atoms with E-state index in [-0.39, 0.29) is 6.61 Å². The number of hydrogen-bond donors (Lipinski definition) is 2. The summed E-state index contributed by atoms with van der Waals surface area (Å²) in [7, 11) is 0. The second kappa shape index (κ2) is 2.43. The highest BCUT2D eigenvalue weighted by atomic mass is 16.7. The van der Waals surface area contributed by atoms with Crippen LogP contribution in [0.5, 0.6) is 0 Å². The predicted octanol–water partition coefficient (Wildman–Crippen LogP) is -0.244. The highest BCUT2D eigenvalue weighted by Crippen LogP contribution is 2.16. The zero-order chi connectivity index (χ0) is 7.61. The first kappa shape index (κ1) is 7.30. The van der Waals surface area contributed by atoms with Crippen LogP contribution in [0.25, 0.3) is 0 Å². The number of nitrogens with two attached hydrogens (primary N) is 1. The summed E-state index contributed by atoms with van der Waals surface area (Å²) in [6, 6.07) is 0. The Morgan fingerprint density at radius 2 is 2.50 bits per heavy atom. The summed E-state index contributed by atoms with van der Waals surface area (Å²) >= 11 is 0. The number of carbonyl (C=O) groups is 1. The quantitative estimate of drug-likeness (QED) is 0.395. The van der Waals surface area contributed by atoms with E-state index in [4.69, 9.17) is 15.6 Å². The van der Waals surface area contributed by atoms with Gasteiger partial charge in [-0.1, -0.05) is 0 Å². The van der Waals surface area contributed by atoms with Crippen molar-refractivity contribution in [1.29, 1.82) is 0 Å². The van der Waals surface area contributed by atoms with Gasteiger partial charge in [0.15, 0.2) is 5.72 Å². The van der Waals surface area contributed by atoms with E-state index < -0.39 is 11.9 Å². The van der Waals surface area contributed by atoms with Crippen molar-refractivity contribution in [3.05, 3.63) is 0 Å². The van der Waals surface area contributed by atoms with Crippen LogP contribution in [0.15, 0.2) is 0 Å². The largest absolute Gasteiger partial charge is 0.507 e. The predicted molar refractivity (Wildman–Crippen MR) is 31.5 cm³/mol. The van der Waals surface area contributed by atoms with Gasteiger partial charge in [0, 0.05) is 6.42 Å². The number of rotatable bonds is 1. The lowest BCUT2D eigenvalue weighted by Crippen LogP contribution is -2.44. The minimum atomic E-state index is -1.35. The summed E-state index contributed by atoms with van der Waals surface area (Å²) in [5.74, 6) is 0. The molecular formula is C5H9NO4. The molecule has 1 rings (SSSR count). The number of ether oxygens (including phenoxy) is 2. The fourth-order valence-electron chi connectivity index (χ4n) is 0.816. The van der Waals surface area contributed by atoms with Crippen molar-refractivity contribution in [2.75, 3.05) is 13.2 Å². The Labute approximate surface area is 57.7 Å². The molecule has 1 aliphatic heterocycles. The normalized spacial score (nSPS) is 32.1. The van der Waals surface area contributed by atoms with Crippen LogP contribution in [0.4, 0.5) is 4.79 Å². The lowest BCUT2D eigenvalue weighted by Gasteiger charge is -2.19. The van der Waals surface area contributed by atoms with Crippen molar-refractivity contribution < 1.29 is 19.4 Å². The van der Waals surface area contributed by atoms with Crippen LogP contribution in [-0.2, 0) is 9.47 Å². The fraction of sp³-hybridized carbons (Fsp3) is 0.800. The summed E-state index contributed by atoms with van der Waals surface area (Å²) in [6.45, 7) is 0.614. The number of carboxylic acid groups (broad SMARTS) is 1. The molecule has 0 aromatic carbocycles. The molecule has 1 aliphatic rings. The molecule has 58 valence electrons. The van der Waals surface area contributed by atoms with E-state index >= 15 is 0 Å². The van der Waals surface area contributed by atoms with E-state index in [1.165, 1.54) is 0 Å². The maximum absolute atomic E-state index is 10.0. The second-order valence-corrected chi connectivity index (χ2v) is 2.24. The summed E-state index contributed by atoms with van der Waals surface area (Å²) in [5.41, 5.74) is 4.33. The summed E-state index contributed by atoms with van der Waals surface area (Å²) in [4.78, 5) is 10.0. The molecule has 0 bridgehead atoms. The van der Waals surface area contributed by atoms with Crippen molar-refractivity contribution >= 4 is 6.16 Å². The van der Waals surface area contributed by atoms with Gasteiger partial charge in [0.25, 0.3) is 0 Å². The minimum absolute atomic E-state index is 0.152.